The zero-order chi connectivity index (χ0) is 14.0. The lowest BCUT2D eigenvalue weighted by atomic mass is 10.3. The topological polar surface area (TPSA) is 72.2 Å². The van der Waals surface area contributed by atoms with Crippen molar-refractivity contribution in [2.75, 3.05) is 10.5 Å². The van der Waals surface area contributed by atoms with Crippen LogP contribution in [0.5, 0.6) is 0 Å². The molecule has 0 radical (unpaired) electrons. The SMILES string of the molecule is Nc1cccc(F)c1S(=O)(=O)Nc1ccc(Br)cc1. The first-order valence-electron chi connectivity index (χ1n) is 5.22. The van der Waals surface area contributed by atoms with Crippen molar-refractivity contribution in [2.45, 2.75) is 4.90 Å². The summed E-state index contributed by atoms with van der Waals surface area (Å²) in [5.74, 6) is -0.885. The van der Waals surface area contributed by atoms with Crippen LogP contribution < -0.4 is 10.5 Å². The van der Waals surface area contributed by atoms with E-state index in [4.69, 9.17) is 5.73 Å². The summed E-state index contributed by atoms with van der Waals surface area (Å²) in [6, 6.07) is 10.2. The molecule has 0 spiro atoms. The van der Waals surface area contributed by atoms with Gasteiger partial charge < -0.3 is 5.73 Å². The Morgan fingerprint density at radius 2 is 1.74 bits per heavy atom. The summed E-state index contributed by atoms with van der Waals surface area (Å²) in [5, 5.41) is 0. The molecule has 0 saturated heterocycles. The van der Waals surface area contributed by atoms with Crippen LogP contribution in [0.1, 0.15) is 0 Å². The Labute approximate surface area is 118 Å². The van der Waals surface area contributed by atoms with Gasteiger partial charge in [0.1, 0.15) is 10.7 Å². The molecular formula is C12H10BrFN2O2S. The van der Waals surface area contributed by atoms with Crippen molar-refractivity contribution in [2.24, 2.45) is 0 Å². The second kappa shape index (κ2) is 5.18. The Morgan fingerprint density at radius 3 is 2.32 bits per heavy atom. The molecule has 0 heterocycles. The van der Waals surface area contributed by atoms with Crippen molar-refractivity contribution in [1.29, 1.82) is 0 Å². The van der Waals surface area contributed by atoms with Crippen molar-refractivity contribution in [1.82, 2.24) is 0 Å². The predicted molar refractivity (Wildman–Crippen MR) is 75.8 cm³/mol. The maximum Gasteiger partial charge on any atom is 0.266 e. The lowest BCUT2D eigenvalue weighted by molar-refractivity contribution is 0.572. The number of nitrogen functional groups attached to an aromatic ring is 1. The maximum absolute atomic E-state index is 13.6. The number of rotatable bonds is 3. The van der Waals surface area contributed by atoms with Gasteiger partial charge in [-0.2, -0.15) is 0 Å². The van der Waals surface area contributed by atoms with Crippen LogP contribution in [0, 0.1) is 5.82 Å². The quantitative estimate of drug-likeness (QED) is 0.840. The summed E-state index contributed by atoms with van der Waals surface area (Å²) >= 11 is 3.24. The summed E-state index contributed by atoms with van der Waals surface area (Å²) in [6.07, 6.45) is 0. The van der Waals surface area contributed by atoms with Gasteiger partial charge in [0.05, 0.1) is 5.69 Å². The zero-order valence-electron chi connectivity index (χ0n) is 9.60. The van der Waals surface area contributed by atoms with Crippen LogP contribution in [0.25, 0.3) is 0 Å². The van der Waals surface area contributed by atoms with Crippen LogP contribution in [0.15, 0.2) is 51.8 Å². The highest BCUT2D eigenvalue weighted by Gasteiger charge is 2.22. The van der Waals surface area contributed by atoms with Crippen molar-refractivity contribution in [3.8, 4) is 0 Å². The largest absolute Gasteiger partial charge is 0.398 e. The van der Waals surface area contributed by atoms with Gasteiger partial charge in [-0.1, -0.05) is 22.0 Å². The molecule has 0 bridgehead atoms. The van der Waals surface area contributed by atoms with Crippen LogP contribution in [-0.4, -0.2) is 8.42 Å². The summed E-state index contributed by atoms with van der Waals surface area (Å²) in [7, 11) is -4.05. The minimum absolute atomic E-state index is 0.135. The van der Waals surface area contributed by atoms with Gasteiger partial charge in [0, 0.05) is 10.2 Å². The van der Waals surface area contributed by atoms with Gasteiger partial charge in [-0.05, 0) is 36.4 Å². The minimum Gasteiger partial charge on any atom is -0.398 e. The van der Waals surface area contributed by atoms with Crippen LogP contribution in [0.3, 0.4) is 0 Å². The molecule has 0 saturated carbocycles. The monoisotopic (exact) mass is 344 g/mol. The first-order chi connectivity index (χ1) is 8.90. The molecule has 0 unspecified atom stereocenters. The molecule has 100 valence electrons. The molecule has 0 aromatic heterocycles. The Kier molecular flexibility index (Phi) is 3.77. The van der Waals surface area contributed by atoms with E-state index < -0.39 is 20.7 Å². The molecule has 0 atom stereocenters. The van der Waals surface area contributed by atoms with Crippen molar-refractivity contribution in [3.63, 3.8) is 0 Å². The Balaban J connectivity index is 2.41. The van der Waals surface area contributed by atoms with Crippen LogP contribution in [-0.2, 0) is 10.0 Å². The number of hydrogen-bond donors (Lipinski definition) is 2. The molecule has 2 rings (SSSR count). The number of hydrogen-bond acceptors (Lipinski definition) is 3. The van der Waals surface area contributed by atoms with Crippen molar-refractivity contribution >= 4 is 37.3 Å². The van der Waals surface area contributed by atoms with Crippen LogP contribution >= 0.6 is 15.9 Å². The van der Waals surface area contributed by atoms with Crippen LogP contribution in [0.2, 0.25) is 0 Å². The third-order valence-corrected chi connectivity index (χ3v) is 4.36. The van der Waals surface area contributed by atoms with Crippen molar-refractivity contribution < 1.29 is 12.8 Å². The van der Waals surface area contributed by atoms with Gasteiger partial charge in [0.15, 0.2) is 0 Å². The molecule has 0 fully saturated rings. The lowest BCUT2D eigenvalue weighted by Crippen LogP contribution is -2.16. The summed E-state index contributed by atoms with van der Waals surface area (Å²) in [5.41, 5.74) is 5.71. The fourth-order valence-corrected chi connectivity index (χ4v) is 3.05. The molecule has 19 heavy (non-hydrogen) atoms. The van der Waals surface area contributed by atoms with E-state index in [1.807, 2.05) is 0 Å². The maximum atomic E-state index is 13.6. The second-order valence-electron chi connectivity index (χ2n) is 3.77. The summed E-state index contributed by atoms with van der Waals surface area (Å²) in [4.78, 5) is -0.544. The normalized spacial score (nSPS) is 11.3. The van der Waals surface area contributed by atoms with Gasteiger partial charge >= 0.3 is 0 Å². The summed E-state index contributed by atoms with van der Waals surface area (Å²) < 4.78 is 40.9. The smallest absolute Gasteiger partial charge is 0.266 e. The Bertz CT molecular complexity index is 682. The molecule has 4 nitrogen and oxygen atoms in total. The van der Waals surface area contributed by atoms with E-state index in [1.165, 1.54) is 12.1 Å². The number of nitrogens with two attached hydrogens (primary N) is 1. The first-order valence-corrected chi connectivity index (χ1v) is 7.50. The average Bonchev–Trinajstić information content (AvgIpc) is 2.31. The number of anilines is 2. The molecule has 0 aliphatic heterocycles. The fourth-order valence-electron chi connectivity index (χ4n) is 1.53. The number of sulfonamides is 1. The molecule has 0 amide bonds. The van der Waals surface area contributed by atoms with Gasteiger partial charge in [0.2, 0.25) is 0 Å². The van der Waals surface area contributed by atoms with E-state index in [2.05, 4.69) is 20.7 Å². The van der Waals surface area contributed by atoms with Gasteiger partial charge in [0.25, 0.3) is 10.0 Å². The van der Waals surface area contributed by atoms with Crippen LogP contribution in [0.4, 0.5) is 15.8 Å². The van der Waals surface area contributed by atoms with Gasteiger partial charge in [-0.15, -0.1) is 0 Å². The molecule has 0 aliphatic carbocycles. The summed E-state index contributed by atoms with van der Waals surface area (Å²) in [6.45, 7) is 0. The molecule has 2 aromatic carbocycles. The number of benzene rings is 2. The molecule has 0 aliphatic rings. The highest BCUT2D eigenvalue weighted by atomic mass is 79.9. The Morgan fingerprint density at radius 1 is 1.11 bits per heavy atom. The molecule has 3 N–H and O–H groups in total. The third kappa shape index (κ3) is 3.05. The first kappa shape index (κ1) is 13.8. The average molecular weight is 345 g/mol. The van der Waals surface area contributed by atoms with E-state index in [0.717, 1.165) is 10.5 Å². The molecule has 2 aromatic rings. The lowest BCUT2D eigenvalue weighted by Gasteiger charge is -2.10. The zero-order valence-corrected chi connectivity index (χ0v) is 12.0. The molecule has 7 heteroatoms. The molecular weight excluding hydrogens is 335 g/mol. The van der Waals surface area contributed by atoms with Gasteiger partial charge in [-0.25, -0.2) is 12.8 Å². The van der Waals surface area contributed by atoms with E-state index >= 15 is 0 Å². The highest BCUT2D eigenvalue weighted by Crippen LogP contribution is 2.24. The minimum atomic E-state index is -4.05. The Hall–Kier alpha value is -1.60. The second-order valence-corrected chi connectivity index (χ2v) is 6.31. The van der Waals surface area contributed by atoms with E-state index in [9.17, 15) is 12.8 Å². The number of halogens is 2. The van der Waals surface area contributed by atoms with Gasteiger partial charge in [-0.3, -0.25) is 4.72 Å². The van der Waals surface area contributed by atoms with E-state index in [1.54, 1.807) is 24.3 Å². The standard InChI is InChI=1S/C12H10BrFN2O2S/c13-8-4-6-9(7-5-8)16-19(17,18)12-10(14)2-1-3-11(12)15/h1-7,16H,15H2. The van der Waals surface area contributed by atoms with E-state index in [0.29, 0.717) is 5.69 Å². The van der Waals surface area contributed by atoms with E-state index in [-0.39, 0.29) is 5.69 Å². The predicted octanol–water partition coefficient (Wildman–Crippen LogP) is 2.97. The fraction of sp³-hybridized carbons (Fsp3) is 0. The number of nitrogens with one attached hydrogen (secondary N) is 1. The third-order valence-electron chi connectivity index (χ3n) is 2.36. The highest BCUT2D eigenvalue weighted by molar-refractivity contribution is 9.10. The van der Waals surface area contributed by atoms with Crippen molar-refractivity contribution in [3.05, 3.63) is 52.8 Å².